The van der Waals surface area contributed by atoms with E-state index in [9.17, 15) is 0 Å². The molecule has 1 aliphatic heterocycles. The first kappa shape index (κ1) is 11.3. The van der Waals surface area contributed by atoms with Gasteiger partial charge in [0.1, 0.15) is 0 Å². The first-order valence-electron chi connectivity index (χ1n) is 6.31. The first-order chi connectivity index (χ1) is 8.84. The molecule has 0 spiro atoms. The predicted octanol–water partition coefficient (Wildman–Crippen LogP) is 2.04. The molecule has 0 radical (unpaired) electrons. The lowest BCUT2D eigenvalue weighted by molar-refractivity contribution is 0.152. The molecule has 0 unspecified atom stereocenters. The number of ether oxygens (including phenoxy) is 1. The highest BCUT2D eigenvalue weighted by Crippen LogP contribution is 2.27. The molecule has 2 heterocycles. The van der Waals surface area contributed by atoms with Crippen LogP contribution in [0.4, 0.5) is 11.4 Å². The van der Waals surface area contributed by atoms with Gasteiger partial charge < -0.3 is 15.4 Å². The van der Waals surface area contributed by atoms with Gasteiger partial charge in [-0.2, -0.15) is 0 Å². The van der Waals surface area contributed by atoms with Crippen LogP contribution in [0.5, 0.6) is 0 Å². The molecule has 0 amide bonds. The lowest BCUT2D eigenvalue weighted by atomic mass is 10.1. The molecule has 1 aromatic carbocycles. The minimum atomic E-state index is 0.756. The van der Waals surface area contributed by atoms with Crippen LogP contribution in [-0.2, 0) is 4.74 Å². The summed E-state index contributed by atoms with van der Waals surface area (Å²) in [5, 5.41) is 1.16. The second kappa shape index (κ2) is 4.82. The molecular formula is C14H17N3O. The van der Waals surface area contributed by atoms with E-state index in [-0.39, 0.29) is 0 Å². The number of benzene rings is 1. The third kappa shape index (κ3) is 2.11. The number of fused-ring (bicyclic) bond motifs is 1. The number of hydrogen-bond acceptors (Lipinski definition) is 4. The molecule has 0 bridgehead atoms. The van der Waals surface area contributed by atoms with Crippen molar-refractivity contribution < 1.29 is 4.74 Å². The molecule has 1 saturated heterocycles. The van der Waals surface area contributed by atoms with Crippen LogP contribution >= 0.6 is 0 Å². The van der Waals surface area contributed by atoms with Crippen molar-refractivity contribution >= 4 is 22.3 Å². The van der Waals surface area contributed by atoms with Crippen LogP contribution in [0, 0.1) is 0 Å². The largest absolute Gasteiger partial charge is 0.399 e. The average molecular weight is 243 g/mol. The lowest BCUT2D eigenvalue weighted by Gasteiger charge is -2.23. The van der Waals surface area contributed by atoms with Gasteiger partial charge in [0, 0.05) is 42.7 Å². The molecule has 0 aliphatic carbocycles. The van der Waals surface area contributed by atoms with Gasteiger partial charge in [0.2, 0.25) is 0 Å². The molecule has 1 aromatic heterocycles. The van der Waals surface area contributed by atoms with E-state index in [4.69, 9.17) is 10.5 Å². The summed E-state index contributed by atoms with van der Waals surface area (Å²) in [5.41, 5.74) is 8.74. The van der Waals surface area contributed by atoms with Crippen LogP contribution in [0.2, 0.25) is 0 Å². The van der Waals surface area contributed by atoms with E-state index in [1.165, 1.54) is 5.69 Å². The molecule has 2 aromatic rings. The van der Waals surface area contributed by atoms with Crippen LogP contribution < -0.4 is 10.6 Å². The Kier molecular flexibility index (Phi) is 3.02. The van der Waals surface area contributed by atoms with Crippen molar-refractivity contribution in [1.82, 2.24) is 4.98 Å². The maximum Gasteiger partial charge on any atom is 0.0743 e. The third-order valence-electron chi connectivity index (χ3n) is 3.31. The Labute approximate surface area is 106 Å². The van der Waals surface area contributed by atoms with E-state index < -0.39 is 0 Å². The third-order valence-corrected chi connectivity index (χ3v) is 3.31. The van der Waals surface area contributed by atoms with Crippen molar-refractivity contribution in [3.8, 4) is 0 Å². The molecule has 2 N–H and O–H groups in total. The van der Waals surface area contributed by atoms with Crippen molar-refractivity contribution in [1.29, 1.82) is 0 Å². The van der Waals surface area contributed by atoms with Gasteiger partial charge in [0.15, 0.2) is 0 Å². The number of rotatable bonds is 1. The second-order valence-electron chi connectivity index (χ2n) is 4.56. The van der Waals surface area contributed by atoms with Gasteiger partial charge in [0.25, 0.3) is 0 Å². The number of pyridine rings is 1. The van der Waals surface area contributed by atoms with Gasteiger partial charge in [-0.15, -0.1) is 0 Å². The van der Waals surface area contributed by atoms with Gasteiger partial charge in [-0.25, -0.2) is 0 Å². The zero-order chi connectivity index (χ0) is 12.4. The Bertz CT molecular complexity index is 548. The lowest BCUT2D eigenvalue weighted by Crippen LogP contribution is -2.26. The Morgan fingerprint density at radius 2 is 2.11 bits per heavy atom. The van der Waals surface area contributed by atoms with Crippen molar-refractivity contribution in [2.75, 3.05) is 36.9 Å². The number of hydrogen-bond donors (Lipinski definition) is 1. The summed E-state index contributed by atoms with van der Waals surface area (Å²) in [5.74, 6) is 0. The molecule has 3 rings (SSSR count). The highest BCUT2D eigenvalue weighted by atomic mass is 16.5. The fourth-order valence-electron chi connectivity index (χ4n) is 2.41. The fourth-order valence-corrected chi connectivity index (χ4v) is 2.41. The van der Waals surface area contributed by atoms with Crippen molar-refractivity contribution in [2.45, 2.75) is 6.42 Å². The fraction of sp³-hybridized carbons (Fsp3) is 0.357. The number of nitrogens with zero attached hydrogens (tertiary/aromatic N) is 2. The minimum Gasteiger partial charge on any atom is -0.399 e. The van der Waals surface area contributed by atoms with Gasteiger partial charge >= 0.3 is 0 Å². The zero-order valence-electron chi connectivity index (χ0n) is 10.3. The topological polar surface area (TPSA) is 51.4 Å². The number of aromatic nitrogens is 1. The van der Waals surface area contributed by atoms with Crippen molar-refractivity contribution in [3.63, 3.8) is 0 Å². The average Bonchev–Trinajstić information content (AvgIpc) is 2.66. The van der Waals surface area contributed by atoms with E-state index >= 15 is 0 Å². The molecule has 0 saturated carbocycles. The number of nitrogens with two attached hydrogens (primary N) is 1. The normalized spacial score (nSPS) is 16.8. The molecule has 0 atom stereocenters. The summed E-state index contributed by atoms with van der Waals surface area (Å²) in [6, 6.07) is 7.98. The van der Waals surface area contributed by atoms with E-state index in [0.29, 0.717) is 0 Å². The SMILES string of the molecule is Nc1ccc2c(N3CCCOCC3)ccnc2c1. The standard InChI is InChI=1S/C14H17N3O/c15-11-2-3-12-13(10-11)16-5-4-14(12)17-6-1-8-18-9-7-17/h2-5,10H,1,6-9,15H2. The maximum atomic E-state index is 5.80. The van der Waals surface area contributed by atoms with Crippen LogP contribution in [-0.4, -0.2) is 31.3 Å². The first-order valence-corrected chi connectivity index (χ1v) is 6.31. The molecule has 1 aliphatic rings. The molecular weight excluding hydrogens is 226 g/mol. The number of nitrogen functional groups attached to an aromatic ring is 1. The highest BCUT2D eigenvalue weighted by molar-refractivity contribution is 5.93. The van der Waals surface area contributed by atoms with Crippen LogP contribution in [0.25, 0.3) is 10.9 Å². The van der Waals surface area contributed by atoms with Gasteiger partial charge in [0.05, 0.1) is 12.1 Å². The van der Waals surface area contributed by atoms with Crippen LogP contribution in [0.1, 0.15) is 6.42 Å². The summed E-state index contributed by atoms with van der Waals surface area (Å²) < 4.78 is 5.50. The zero-order valence-corrected chi connectivity index (χ0v) is 10.3. The van der Waals surface area contributed by atoms with Gasteiger partial charge in [-0.05, 0) is 30.7 Å². The number of anilines is 2. The summed E-state index contributed by atoms with van der Waals surface area (Å²) in [6.45, 7) is 3.61. The molecule has 18 heavy (non-hydrogen) atoms. The monoisotopic (exact) mass is 243 g/mol. The van der Waals surface area contributed by atoms with Gasteiger partial charge in [-0.3, -0.25) is 4.98 Å². The van der Waals surface area contributed by atoms with E-state index in [0.717, 1.165) is 49.3 Å². The van der Waals surface area contributed by atoms with Gasteiger partial charge in [-0.1, -0.05) is 0 Å². The van der Waals surface area contributed by atoms with Crippen molar-refractivity contribution in [2.24, 2.45) is 0 Å². The Morgan fingerprint density at radius 3 is 3.06 bits per heavy atom. The molecule has 4 nitrogen and oxygen atoms in total. The molecule has 4 heteroatoms. The summed E-state index contributed by atoms with van der Waals surface area (Å²) in [6.07, 6.45) is 2.92. The highest BCUT2D eigenvalue weighted by Gasteiger charge is 2.13. The quantitative estimate of drug-likeness (QED) is 0.779. The summed E-state index contributed by atoms with van der Waals surface area (Å²) in [4.78, 5) is 6.75. The molecule has 1 fully saturated rings. The predicted molar refractivity (Wildman–Crippen MR) is 73.8 cm³/mol. The smallest absolute Gasteiger partial charge is 0.0743 e. The maximum absolute atomic E-state index is 5.80. The Morgan fingerprint density at radius 1 is 1.17 bits per heavy atom. The summed E-state index contributed by atoms with van der Waals surface area (Å²) >= 11 is 0. The van der Waals surface area contributed by atoms with E-state index in [1.807, 2.05) is 18.3 Å². The van der Waals surface area contributed by atoms with E-state index in [2.05, 4.69) is 22.0 Å². The second-order valence-corrected chi connectivity index (χ2v) is 4.56. The van der Waals surface area contributed by atoms with Crippen molar-refractivity contribution in [3.05, 3.63) is 30.5 Å². The minimum absolute atomic E-state index is 0.756. The Balaban J connectivity index is 2.04. The Hall–Kier alpha value is -1.81. The summed E-state index contributed by atoms with van der Waals surface area (Å²) in [7, 11) is 0. The molecule has 94 valence electrons. The van der Waals surface area contributed by atoms with Crippen LogP contribution in [0.15, 0.2) is 30.5 Å². The van der Waals surface area contributed by atoms with E-state index in [1.54, 1.807) is 0 Å². The van der Waals surface area contributed by atoms with Crippen LogP contribution in [0.3, 0.4) is 0 Å².